The van der Waals surface area contributed by atoms with Crippen molar-refractivity contribution in [3.05, 3.63) is 29.8 Å². The SMILES string of the molecule is CCCCCCCCOc1ccc(C(O)O)cc1. The van der Waals surface area contributed by atoms with Crippen LogP contribution < -0.4 is 4.74 Å². The minimum Gasteiger partial charge on any atom is -0.494 e. The van der Waals surface area contributed by atoms with Gasteiger partial charge >= 0.3 is 0 Å². The lowest BCUT2D eigenvalue weighted by Gasteiger charge is -2.08. The van der Waals surface area contributed by atoms with E-state index < -0.39 is 6.29 Å². The largest absolute Gasteiger partial charge is 0.494 e. The molecule has 0 saturated carbocycles. The fraction of sp³-hybridized carbons (Fsp3) is 0.600. The van der Waals surface area contributed by atoms with Gasteiger partial charge in [-0.3, -0.25) is 0 Å². The van der Waals surface area contributed by atoms with Crippen LogP contribution in [0.25, 0.3) is 0 Å². The lowest BCUT2D eigenvalue weighted by atomic mass is 10.1. The van der Waals surface area contributed by atoms with Crippen molar-refractivity contribution < 1.29 is 14.9 Å². The highest BCUT2D eigenvalue weighted by atomic mass is 16.5. The predicted molar refractivity (Wildman–Crippen MR) is 72.5 cm³/mol. The lowest BCUT2D eigenvalue weighted by molar-refractivity contribution is -0.0425. The van der Waals surface area contributed by atoms with E-state index in [1.165, 1.54) is 32.1 Å². The third-order valence-corrected chi connectivity index (χ3v) is 2.94. The highest BCUT2D eigenvalue weighted by Gasteiger charge is 2.01. The molecule has 0 bridgehead atoms. The van der Waals surface area contributed by atoms with E-state index in [4.69, 9.17) is 14.9 Å². The molecule has 18 heavy (non-hydrogen) atoms. The summed E-state index contributed by atoms with van der Waals surface area (Å²) in [5.41, 5.74) is 0.488. The first kappa shape index (κ1) is 15.0. The molecule has 102 valence electrons. The summed E-state index contributed by atoms with van der Waals surface area (Å²) in [7, 11) is 0. The summed E-state index contributed by atoms with van der Waals surface area (Å²) in [6.45, 7) is 2.95. The van der Waals surface area contributed by atoms with Gasteiger partial charge in [-0.1, -0.05) is 51.2 Å². The molecule has 3 heteroatoms. The molecule has 0 atom stereocenters. The van der Waals surface area contributed by atoms with Gasteiger partial charge in [0.15, 0.2) is 6.29 Å². The van der Waals surface area contributed by atoms with E-state index in [2.05, 4.69) is 6.92 Å². The highest BCUT2D eigenvalue weighted by molar-refractivity contribution is 5.27. The van der Waals surface area contributed by atoms with Crippen LogP contribution in [0.2, 0.25) is 0 Å². The number of aliphatic hydroxyl groups is 2. The van der Waals surface area contributed by atoms with Crippen LogP contribution in [0.4, 0.5) is 0 Å². The smallest absolute Gasteiger partial charge is 0.178 e. The molecule has 3 nitrogen and oxygen atoms in total. The van der Waals surface area contributed by atoms with Crippen LogP contribution >= 0.6 is 0 Å². The summed E-state index contributed by atoms with van der Waals surface area (Å²) in [5.74, 6) is 0.785. The molecule has 0 saturated heterocycles. The van der Waals surface area contributed by atoms with Crippen molar-refractivity contribution in [2.24, 2.45) is 0 Å². The number of rotatable bonds is 9. The van der Waals surface area contributed by atoms with E-state index in [1.54, 1.807) is 24.3 Å². The molecular formula is C15H24O3. The molecular weight excluding hydrogens is 228 g/mol. The Morgan fingerprint density at radius 3 is 2.17 bits per heavy atom. The number of benzene rings is 1. The van der Waals surface area contributed by atoms with E-state index in [1.807, 2.05) is 0 Å². The number of aliphatic hydroxyl groups excluding tert-OH is 1. The zero-order valence-electron chi connectivity index (χ0n) is 11.1. The fourth-order valence-corrected chi connectivity index (χ4v) is 1.81. The molecule has 0 heterocycles. The minimum atomic E-state index is -1.40. The summed E-state index contributed by atoms with van der Waals surface area (Å²) in [6, 6.07) is 6.88. The van der Waals surface area contributed by atoms with Crippen LogP contribution in [0.5, 0.6) is 5.75 Å². The molecule has 0 radical (unpaired) electrons. The van der Waals surface area contributed by atoms with Gasteiger partial charge in [0.2, 0.25) is 0 Å². The molecule has 0 amide bonds. The Morgan fingerprint density at radius 2 is 1.56 bits per heavy atom. The standard InChI is InChI=1S/C15H24O3/c1-2-3-4-5-6-7-12-18-14-10-8-13(9-11-14)15(16)17/h8-11,15-17H,2-7,12H2,1H3. The van der Waals surface area contributed by atoms with Gasteiger partial charge in [-0.2, -0.15) is 0 Å². The molecule has 0 spiro atoms. The van der Waals surface area contributed by atoms with Crippen molar-refractivity contribution in [3.63, 3.8) is 0 Å². The van der Waals surface area contributed by atoms with Crippen molar-refractivity contribution in [3.8, 4) is 5.75 Å². The Kier molecular flexibility index (Phi) is 7.46. The van der Waals surface area contributed by atoms with E-state index in [0.717, 1.165) is 18.8 Å². The fourth-order valence-electron chi connectivity index (χ4n) is 1.81. The molecule has 0 aliphatic rings. The van der Waals surface area contributed by atoms with Crippen molar-refractivity contribution in [1.29, 1.82) is 0 Å². The average Bonchev–Trinajstić information content (AvgIpc) is 2.38. The minimum absolute atomic E-state index is 0.488. The summed E-state index contributed by atoms with van der Waals surface area (Å²) >= 11 is 0. The van der Waals surface area contributed by atoms with Crippen molar-refractivity contribution in [1.82, 2.24) is 0 Å². The average molecular weight is 252 g/mol. The van der Waals surface area contributed by atoms with Crippen LogP contribution in [0.1, 0.15) is 57.3 Å². The first-order chi connectivity index (χ1) is 8.74. The molecule has 1 aromatic rings. The zero-order chi connectivity index (χ0) is 13.2. The van der Waals surface area contributed by atoms with E-state index in [0.29, 0.717) is 5.56 Å². The maximum atomic E-state index is 8.95. The second kappa shape index (κ2) is 8.95. The maximum absolute atomic E-state index is 8.95. The van der Waals surface area contributed by atoms with Crippen LogP contribution in [0.15, 0.2) is 24.3 Å². The monoisotopic (exact) mass is 252 g/mol. The van der Waals surface area contributed by atoms with Gasteiger partial charge in [0.05, 0.1) is 6.61 Å². The topological polar surface area (TPSA) is 49.7 Å². The summed E-state index contributed by atoms with van der Waals surface area (Å²) in [4.78, 5) is 0. The van der Waals surface area contributed by atoms with Crippen LogP contribution in [-0.2, 0) is 0 Å². The van der Waals surface area contributed by atoms with Gasteiger partial charge in [-0.15, -0.1) is 0 Å². The van der Waals surface area contributed by atoms with Gasteiger partial charge in [-0.05, 0) is 18.6 Å². The lowest BCUT2D eigenvalue weighted by Crippen LogP contribution is -1.98. The molecule has 0 unspecified atom stereocenters. The second-order valence-corrected chi connectivity index (χ2v) is 4.56. The van der Waals surface area contributed by atoms with E-state index in [-0.39, 0.29) is 0 Å². The third-order valence-electron chi connectivity index (χ3n) is 2.94. The van der Waals surface area contributed by atoms with Gasteiger partial charge in [0.25, 0.3) is 0 Å². The Morgan fingerprint density at radius 1 is 0.944 bits per heavy atom. The maximum Gasteiger partial charge on any atom is 0.178 e. The second-order valence-electron chi connectivity index (χ2n) is 4.56. The Labute approximate surface area is 109 Å². The summed E-state index contributed by atoms with van der Waals surface area (Å²) in [6.07, 6.45) is 6.09. The summed E-state index contributed by atoms with van der Waals surface area (Å²) < 4.78 is 5.58. The molecule has 0 aromatic heterocycles. The van der Waals surface area contributed by atoms with Gasteiger partial charge in [0, 0.05) is 5.56 Å². The van der Waals surface area contributed by atoms with Crippen molar-refractivity contribution in [2.45, 2.75) is 51.7 Å². The van der Waals surface area contributed by atoms with Gasteiger partial charge < -0.3 is 14.9 Å². The van der Waals surface area contributed by atoms with E-state index in [9.17, 15) is 0 Å². The van der Waals surface area contributed by atoms with Crippen molar-refractivity contribution in [2.75, 3.05) is 6.61 Å². The Bertz CT molecular complexity index is 306. The molecule has 1 aromatic carbocycles. The van der Waals surface area contributed by atoms with Crippen LogP contribution in [0, 0.1) is 0 Å². The molecule has 2 N–H and O–H groups in total. The zero-order valence-corrected chi connectivity index (χ0v) is 11.1. The number of hydrogen-bond acceptors (Lipinski definition) is 3. The quantitative estimate of drug-likeness (QED) is 0.523. The van der Waals surface area contributed by atoms with E-state index >= 15 is 0 Å². The normalized spacial score (nSPS) is 10.9. The van der Waals surface area contributed by atoms with Crippen LogP contribution in [-0.4, -0.2) is 16.8 Å². The molecule has 0 aliphatic heterocycles. The first-order valence-electron chi connectivity index (χ1n) is 6.83. The molecule has 0 aliphatic carbocycles. The molecule has 0 fully saturated rings. The summed E-state index contributed by atoms with van der Waals surface area (Å²) in [5, 5.41) is 17.9. The van der Waals surface area contributed by atoms with Gasteiger partial charge in [-0.25, -0.2) is 0 Å². The number of ether oxygens (including phenoxy) is 1. The van der Waals surface area contributed by atoms with Crippen molar-refractivity contribution >= 4 is 0 Å². The third kappa shape index (κ3) is 6.03. The first-order valence-corrected chi connectivity index (χ1v) is 6.83. The highest BCUT2D eigenvalue weighted by Crippen LogP contribution is 2.16. The number of unbranched alkanes of at least 4 members (excludes halogenated alkanes) is 5. The Hall–Kier alpha value is -1.06. The molecule has 1 rings (SSSR count). The number of hydrogen-bond donors (Lipinski definition) is 2. The predicted octanol–water partition coefficient (Wildman–Crippen LogP) is 3.41. The van der Waals surface area contributed by atoms with Crippen LogP contribution in [0.3, 0.4) is 0 Å². The van der Waals surface area contributed by atoms with Gasteiger partial charge in [0.1, 0.15) is 5.75 Å². The Balaban J connectivity index is 2.12.